The van der Waals surface area contributed by atoms with Gasteiger partial charge in [-0.3, -0.25) is 4.79 Å². The van der Waals surface area contributed by atoms with E-state index in [0.717, 1.165) is 31.3 Å². The number of amides is 1. The Morgan fingerprint density at radius 3 is 2.82 bits per heavy atom. The maximum atomic E-state index is 12.0. The van der Waals surface area contributed by atoms with Crippen LogP contribution in [-0.2, 0) is 9.53 Å². The lowest BCUT2D eigenvalue weighted by atomic mass is 9.99. The molecule has 0 radical (unpaired) electrons. The van der Waals surface area contributed by atoms with Crippen molar-refractivity contribution in [2.24, 2.45) is 11.8 Å². The monoisotopic (exact) mass is 305 g/mol. The van der Waals surface area contributed by atoms with Gasteiger partial charge in [0.05, 0.1) is 12.0 Å². The van der Waals surface area contributed by atoms with Crippen LogP contribution in [0, 0.1) is 11.8 Å². The van der Waals surface area contributed by atoms with Gasteiger partial charge < -0.3 is 10.1 Å². The average molecular weight is 306 g/mol. The smallest absolute Gasteiger partial charge is 0.225 e. The Hall–Kier alpha value is -0.0900. The van der Waals surface area contributed by atoms with Gasteiger partial charge >= 0.3 is 0 Å². The van der Waals surface area contributed by atoms with Crippen LogP contribution in [0.5, 0.6) is 0 Å². The van der Waals surface area contributed by atoms with Crippen molar-refractivity contribution in [1.29, 1.82) is 0 Å². The SMILES string of the molecule is CCCC(CCBr)CNC(=O)C1CCOC1C. The lowest BCUT2D eigenvalue weighted by Crippen LogP contribution is -2.37. The van der Waals surface area contributed by atoms with Crippen molar-refractivity contribution >= 4 is 21.8 Å². The molecule has 17 heavy (non-hydrogen) atoms. The predicted molar refractivity (Wildman–Crippen MR) is 73.3 cm³/mol. The van der Waals surface area contributed by atoms with Crippen LogP contribution in [0.2, 0.25) is 0 Å². The lowest BCUT2D eigenvalue weighted by molar-refractivity contribution is -0.126. The van der Waals surface area contributed by atoms with Crippen LogP contribution in [0.4, 0.5) is 0 Å². The Bertz CT molecular complexity index is 229. The van der Waals surface area contributed by atoms with Crippen LogP contribution >= 0.6 is 15.9 Å². The number of hydrogen-bond acceptors (Lipinski definition) is 2. The molecule has 1 fully saturated rings. The van der Waals surface area contributed by atoms with Crippen LogP contribution in [0.3, 0.4) is 0 Å². The Labute approximate surface area is 113 Å². The molecule has 0 aliphatic carbocycles. The zero-order chi connectivity index (χ0) is 12.7. The first-order valence-electron chi connectivity index (χ1n) is 6.64. The fourth-order valence-corrected chi connectivity index (χ4v) is 3.01. The first-order valence-corrected chi connectivity index (χ1v) is 7.76. The first-order chi connectivity index (χ1) is 8.19. The summed E-state index contributed by atoms with van der Waals surface area (Å²) < 4.78 is 5.42. The van der Waals surface area contributed by atoms with E-state index in [1.807, 2.05) is 6.92 Å². The van der Waals surface area contributed by atoms with Crippen LogP contribution in [0.15, 0.2) is 0 Å². The van der Waals surface area contributed by atoms with Gasteiger partial charge in [-0.25, -0.2) is 0 Å². The third kappa shape index (κ3) is 4.96. The molecule has 1 amide bonds. The van der Waals surface area contributed by atoms with E-state index in [4.69, 9.17) is 4.74 Å². The molecule has 100 valence electrons. The standard InChI is InChI=1S/C13H24BrNO2/c1-3-4-11(5-7-14)9-15-13(16)12-6-8-17-10(12)2/h10-12H,3-9H2,1-2H3,(H,15,16). The van der Waals surface area contributed by atoms with Crippen molar-refractivity contribution in [2.45, 2.75) is 45.6 Å². The fraction of sp³-hybridized carbons (Fsp3) is 0.923. The second-order valence-electron chi connectivity index (χ2n) is 4.85. The first kappa shape index (κ1) is 15.0. The fourth-order valence-electron chi connectivity index (χ4n) is 2.36. The number of rotatable bonds is 7. The third-order valence-corrected chi connectivity index (χ3v) is 3.95. The summed E-state index contributed by atoms with van der Waals surface area (Å²) in [5.41, 5.74) is 0. The quantitative estimate of drug-likeness (QED) is 0.735. The number of alkyl halides is 1. The van der Waals surface area contributed by atoms with Gasteiger partial charge in [0.2, 0.25) is 5.91 Å². The normalized spacial score (nSPS) is 25.8. The van der Waals surface area contributed by atoms with Crippen molar-refractivity contribution in [3.63, 3.8) is 0 Å². The van der Waals surface area contributed by atoms with Crippen molar-refractivity contribution in [3.8, 4) is 0 Å². The lowest BCUT2D eigenvalue weighted by Gasteiger charge is -2.18. The number of nitrogens with one attached hydrogen (secondary N) is 1. The summed E-state index contributed by atoms with van der Waals surface area (Å²) in [6.45, 7) is 5.70. The summed E-state index contributed by atoms with van der Waals surface area (Å²) in [5.74, 6) is 0.827. The van der Waals surface area contributed by atoms with E-state index in [-0.39, 0.29) is 17.9 Å². The maximum absolute atomic E-state index is 12.0. The summed E-state index contributed by atoms with van der Waals surface area (Å²) in [4.78, 5) is 12.0. The van der Waals surface area contributed by atoms with Gasteiger partial charge in [-0.05, 0) is 32.1 Å². The van der Waals surface area contributed by atoms with E-state index in [9.17, 15) is 4.79 Å². The maximum Gasteiger partial charge on any atom is 0.225 e. The molecule has 0 aromatic heterocycles. The minimum Gasteiger partial charge on any atom is -0.378 e. The molecule has 0 bridgehead atoms. The Morgan fingerprint density at radius 2 is 2.29 bits per heavy atom. The molecule has 4 heteroatoms. The predicted octanol–water partition coefficient (Wildman–Crippen LogP) is 2.73. The molecule has 0 aromatic carbocycles. The molecule has 3 atom stereocenters. The van der Waals surface area contributed by atoms with E-state index in [1.54, 1.807) is 0 Å². The topological polar surface area (TPSA) is 38.3 Å². The molecule has 1 heterocycles. The number of carbonyl (C=O) groups excluding carboxylic acids is 1. The highest BCUT2D eigenvalue weighted by atomic mass is 79.9. The summed E-state index contributed by atoms with van der Waals surface area (Å²) in [5, 5.41) is 4.10. The number of carbonyl (C=O) groups is 1. The molecule has 0 spiro atoms. The highest BCUT2D eigenvalue weighted by molar-refractivity contribution is 9.09. The van der Waals surface area contributed by atoms with Crippen molar-refractivity contribution in [2.75, 3.05) is 18.5 Å². The second-order valence-corrected chi connectivity index (χ2v) is 5.64. The van der Waals surface area contributed by atoms with Crippen LogP contribution in [-0.4, -0.2) is 30.5 Å². The van der Waals surface area contributed by atoms with E-state index < -0.39 is 0 Å². The summed E-state index contributed by atoms with van der Waals surface area (Å²) in [6.07, 6.45) is 4.43. The average Bonchev–Trinajstić information content (AvgIpc) is 2.72. The minimum atomic E-state index is 0.0567. The molecule has 3 nitrogen and oxygen atoms in total. The van der Waals surface area contributed by atoms with Gasteiger partial charge in [0.25, 0.3) is 0 Å². The molecule has 1 N–H and O–H groups in total. The zero-order valence-corrected chi connectivity index (χ0v) is 12.5. The third-order valence-electron chi connectivity index (χ3n) is 3.49. The Balaban J connectivity index is 2.29. The number of ether oxygens (including phenoxy) is 1. The van der Waals surface area contributed by atoms with Crippen molar-refractivity contribution in [3.05, 3.63) is 0 Å². The van der Waals surface area contributed by atoms with E-state index in [0.29, 0.717) is 5.92 Å². The molecule has 1 aliphatic heterocycles. The largest absolute Gasteiger partial charge is 0.378 e. The molecule has 0 saturated carbocycles. The molecule has 1 rings (SSSR count). The number of hydrogen-bond donors (Lipinski definition) is 1. The Morgan fingerprint density at radius 1 is 1.53 bits per heavy atom. The van der Waals surface area contributed by atoms with E-state index >= 15 is 0 Å². The van der Waals surface area contributed by atoms with Crippen molar-refractivity contribution in [1.82, 2.24) is 5.32 Å². The van der Waals surface area contributed by atoms with Gasteiger partial charge in [0.1, 0.15) is 0 Å². The minimum absolute atomic E-state index is 0.0567. The molecular formula is C13H24BrNO2. The highest BCUT2D eigenvalue weighted by Gasteiger charge is 2.30. The van der Waals surface area contributed by atoms with Gasteiger partial charge in [0.15, 0.2) is 0 Å². The molecule has 1 saturated heterocycles. The van der Waals surface area contributed by atoms with Crippen LogP contribution < -0.4 is 5.32 Å². The molecule has 1 aliphatic rings. The van der Waals surface area contributed by atoms with Gasteiger partial charge in [-0.15, -0.1) is 0 Å². The van der Waals surface area contributed by atoms with Crippen LogP contribution in [0.1, 0.15) is 39.5 Å². The Kier molecular flexibility index (Phi) is 7.12. The van der Waals surface area contributed by atoms with Crippen LogP contribution in [0.25, 0.3) is 0 Å². The van der Waals surface area contributed by atoms with Gasteiger partial charge in [0, 0.05) is 18.5 Å². The summed E-state index contributed by atoms with van der Waals surface area (Å²) in [6, 6.07) is 0. The van der Waals surface area contributed by atoms with E-state index in [2.05, 4.69) is 28.2 Å². The van der Waals surface area contributed by atoms with Gasteiger partial charge in [-0.2, -0.15) is 0 Å². The van der Waals surface area contributed by atoms with Gasteiger partial charge in [-0.1, -0.05) is 29.3 Å². The zero-order valence-electron chi connectivity index (χ0n) is 10.9. The molecule has 3 unspecified atom stereocenters. The summed E-state index contributed by atoms with van der Waals surface area (Å²) >= 11 is 3.47. The summed E-state index contributed by atoms with van der Waals surface area (Å²) in [7, 11) is 0. The van der Waals surface area contributed by atoms with Crippen molar-refractivity contribution < 1.29 is 9.53 Å². The molecular weight excluding hydrogens is 282 g/mol. The van der Waals surface area contributed by atoms with E-state index in [1.165, 1.54) is 12.8 Å². The highest BCUT2D eigenvalue weighted by Crippen LogP contribution is 2.20. The molecule has 0 aromatic rings. The number of halogens is 1. The second kappa shape index (κ2) is 8.09.